The fourth-order valence-corrected chi connectivity index (χ4v) is 3.25. The highest BCUT2D eigenvalue weighted by Crippen LogP contribution is 2.14. The molecule has 21 heavy (non-hydrogen) atoms. The Bertz CT molecular complexity index is 448. The van der Waals surface area contributed by atoms with E-state index in [9.17, 15) is 4.79 Å². The Hall–Kier alpha value is -1.39. The minimum absolute atomic E-state index is 0.223. The third kappa shape index (κ3) is 3.83. The second kappa shape index (κ2) is 7.05. The summed E-state index contributed by atoms with van der Waals surface area (Å²) < 4.78 is 0. The molecule has 2 aliphatic rings. The van der Waals surface area contributed by atoms with Crippen molar-refractivity contribution in [3.8, 4) is 0 Å². The highest BCUT2D eigenvalue weighted by Gasteiger charge is 2.29. The number of carbonyl (C=O) groups is 1. The van der Waals surface area contributed by atoms with Crippen molar-refractivity contribution >= 4 is 5.91 Å². The molecule has 114 valence electrons. The Balaban J connectivity index is 1.41. The van der Waals surface area contributed by atoms with Crippen molar-refractivity contribution in [2.24, 2.45) is 5.92 Å². The molecule has 1 N–H and O–H groups in total. The van der Waals surface area contributed by atoms with Gasteiger partial charge in [0, 0.05) is 39.3 Å². The number of hydrogen-bond acceptors (Lipinski definition) is 3. The number of carbonyl (C=O) groups excluding carboxylic acids is 1. The van der Waals surface area contributed by atoms with Gasteiger partial charge in [0.05, 0.1) is 5.92 Å². The second-order valence-electron chi connectivity index (χ2n) is 6.09. The van der Waals surface area contributed by atoms with E-state index in [1.165, 1.54) is 5.56 Å². The normalized spacial score (nSPS) is 23.4. The Kier molecular flexibility index (Phi) is 4.88. The summed E-state index contributed by atoms with van der Waals surface area (Å²) in [5.74, 6) is 0.587. The predicted octanol–water partition coefficient (Wildman–Crippen LogP) is 0.983. The SMILES string of the molecule is O=C(C1CCNC1)N1CCN(CCc2ccccc2)CC1. The molecule has 4 nitrogen and oxygen atoms in total. The smallest absolute Gasteiger partial charge is 0.227 e. The number of rotatable bonds is 4. The van der Waals surface area contributed by atoms with Gasteiger partial charge in [-0.15, -0.1) is 0 Å². The molecular formula is C17H25N3O. The molecule has 1 aromatic carbocycles. The van der Waals surface area contributed by atoms with Crippen LogP contribution in [0, 0.1) is 5.92 Å². The standard InChI is InChI=1S/C17H25N3O/c21-17(16-6-8-18-14-16)20-12-10-19(11-13-20)9-7-15-4-2-1-3-5-15/h1-5,16,18H,6-14H2. The zero-order valence-electron chi connectivity index (χ0n) is 12.6. The molecule has 2 heterocycles. The molecule has 1 atom stereocenters. The van der Waals surface area contributed by atoms with Gasteiger partial charge < -0.3 is 10.2 Å². The lowest BCUT2D eigenvalue weighted by atomic mass is 10.1. The number of nitrogens with one attached hydrogen (secondary N) is 1. The largest absolute Gasteiger partial charge is 0.340 e. The number of amides is 1. The highest BCUT2D eigenvalue weighted by molar-refractivity contribution is 5.79. The molecule has 3 rings (SSSR count). The van der Waals surface area contributed by atoms with Crippen molar-refractivity contribution in [1.29, 1.82) is 0 Å². The Morgan fingerprint density at radius 2 is 1.90 bits per heavy atom. The topological polar surface area (TPSA) is 35.6 Å². The first-order chi connectivity index (χ1) is 10.3. The summed E-state index contributed by atoms with van der Waals surface area (Å²) in [4.78, 5) is 16.9. The summed E-state index contributed by atoms with van der Waals surface area (Å²) in [6, 6.07) is 10.6. The first-order valence-electron chi connectivity index (χ1n) is 8.09. The van der Waals surface area contributed by atoms with Gasteiger partial charge in [-0.2, -0.15) is 0 Å². The van der Waals surface area contributed by atoms with E-state index in [2.05, 4.69) is 45.4 Å². The van der Waals surface area contributed by atoms with Gasteiger partial charge in [-0.05, 0) is 24.9 Å². The minimum Gasteiger partial charge on any atom is -0.340 e. The molecule has 0 aliphatic carbocycles. The summed E-state index contributed by atoms with van der Waals surface area (Å²) in [5.41, 5.74) is 1.40. The molecular weight excluding hydrogens is 262 g/mol. The van der Waals surface area contributed by atoms with Crippen LogP contribution in [0.3, 0.4) is 0 Å². The van der Waals surface area contributed by atoms with Crippen LogP contribution in [0.25, 0.3) is 0 Å². The van der Waals surface area contributed by atoms with Crippen LogP contribution < -0.4 is 5.32 Å². The van der Waals surface area contributed by atoms with Crippen molar-refractivity contribution in [2.75, 3.05) is 45.8 Å². The molecule has 0 saturated carbocycles. The molecule has 4 heteroatoms. The van der Waals surface area contributed by atoms with Crippen molar-refractivity contribution in [3.63, 3.8) is 0 Å². The quantitative estimate of drug-likeness (QED) is 0.897. The van der Waals surface area contributed by atoms with Crippen molar-refractivity contribution in [1.82, 2.24) is 15.1 Å². The molecule has 2 aliphatic heterocycles. The lowest BCUT2D eigenvalue weighted by Crippen LogP contribution is -2.50. The van der Waals surface area contributed by atoms with Crippen molar-refractivity contribution in [2.45, 2.75) is 12.8 Å². The van der Waals surface area contributed by atoms with E-state index in [0.717, 1.165) is 58.7 Å². The first-order valence-corrected chi connectivity index (χ1v) is 8.09. The Labute approximate surface area is 127 Å². The van der Waals surface area contributed by atoms with Gasteiger partial charge in [-0.25, -0.2) is 0 Å². The predicted molar refractivity (Wildman–Crippen MR) is 84.1 cm³/mol. The van der Waals surface area contributed by atoms with Crippen LogP contribution in [0.5, 0.6) is 0 Å². The van der Waals surface area contributed by atoms with Gasteiger partial charge in [0.15, 0.2) is 0 Å². The summed E-state index contributed by atoms with van der Waals surface area (Å²) in [7, 11) is 0. The van der Waals surface area contributed by atoms with Crippen LogP contribution >= 0.6 is 0 Å². The van der Waals surface area contributed by atoms with Crippen molar-refractivity contribution < 1.29 is 4.79 Å². The minimum atomic E-state index is 0.223. The summed E-state index contributed by atoms with van der Waals surface area (Å²) >= 11 is 0. The van der Waals surface area contributed by atoms with Gasteiger partial charge in [0.1, 0.15) is 0 Å². The molecule has 2 fully saturated rings. The van der Waals surface area contributed by atoms with E-state index in [0.29, 0.717) is 5.91 Å². The second-order valence-corrected chi connectivity index (χ2v) is 6.09. The van der Waals surface area contributed by atoms with E-state index in [1.54, 1.807) is 0 Å². The average Bonchev–Trinajstić information content (AvgIpc) is 3.08. The van der Waals surface area contributed by atoms with Crippen LogP contribution in [0.1, 0.15) is 12.0 Å². The molecule has 1 aromatic rings. The number of piperazine rings is 1. The lowest BCUT2D eigenvalue weighted by Gasteiger charge is -2.35. The molecule has 2 saturated heterocycles. The van der Waals surface area contributed by atoms with E-state index in [4.69, 9.17) is 0 Å². The Morgan fingerprint density at radius 1 is 1.14 bits per heavy atom. The van der Waals surface area contributed by atoms with E-state index < -0.39 is 0 Å². The van der Waals surface area contributed by atoms with Gasteiger partial charge in [0.2, 0.25) is 5.91 Å². The number of benzene rings is 1. The lowest BCUT2D eigenvalue weighted by molar-refractivity contribution is -0.136. The maximum absolute atomic E-state index is 12.4. The van der Waals surface area contributed by atoms with Gasteiger partial charge >= 0.3 is 0 Å². The molecule has 0 spiro atoms. The van der Waals surface area contributed by atoms with Gasteiger partial charge in [-0.3, -0.25) is 9.69 Å². The highest BCUT2D eigenvalue weighted by atomic mass is 16.2. The maximum Gasteiger partial charge on any atom is 0.227 e. The zero-order chi connectivity index (χ0) is 14.5. The molecule has 1 unspecified atom stereocenters. The summed E-state index contributed by atoms with van der Waals surface area (Å²) in [6.45, 7) is 6.77. The fraction of sp³-hybridized carbons (Fsp3) is 0.588. The Morgan fingerprint density at radius 3 is 2.57 bits per heavy atom. The summed E-state index contributed by atoms with van der Waals surface area (Å²) in [5, 5.41) is 3.28. The zero-order valence-corrected chi connectivity index (χ0v) is 12.6. The average molecular weight is 287 g/mol. The monoisotopic (exact) mass is 287 g/mol. The van der Waals surface area contributed by atoms with E-state index in [1.807, 2.05) is 0 Å². The molecule has 1 amide bonds. The third-order valence-electron chi connectivity index (χ3n) is 4.65. The van der Waals surface area contributed by atoms with Crippen LogP contribution in [0.4, 0.5) is 0 Å². The fourth-order valence-electron chi connectivity index (χ4n) is 3.25. The van der Waals surface area contributed by atoms with Crippen LogP contribution in [-0.2, 0) is 11.2 Å². The molecule has 0 radical (unpaired) electrons. The first kappa shape index (κ1) is 14.5. The third-order valence-corrected chi connectivity index (χ3v) is 4.65. The van der Waals surface area contributed by atoms with E-state index >= 15 is 0 Å². The molecule has 0 aromatic heterocycles. The van der Waals surface area contributed by atoms with Crippen LogP contribution in [0.2, 0.25) is 0 Å². The van der Waals surface area contributed by atoms with E-state index in [-0.39, 0.29) is 5.92 Å². The van der Waals surface area contributed by atoms with Gasteiger partial charge in [0.25, 0.3) is 0 Å². The van der Waals surface area contributed by atoms with Crippen molar-refractivity contribution in [3.05, 3.63) is 35.9 Å². The molecule has 0 bridgehead atoms. The number of nitrogens with zero attached hydrogens (tertiary/aromatic N) is 2. The summed E-state index contributed by atoms with van der Waals surface area (Å²) in [6.07, 6.45) is 2.11. The van der Waals surface area contributed by atoms with Gasteiger partial charge in [-0.1, -0.05) is 30.3 Å². The maximum atomic E-state index is 12.4. The number of hydrogen-bond donors (Lipinski definition) is 1. The van der Waals surface area contributed by atoms with Crippen LogP contribution in [0.15, 0.2) is 30.3 Å². The van der Waals surface area contributed by atoms with Crippen LogP contribution in [-0.4, -0.2) is 61.5 Å².